The molecule has 0 unspecified atom stereocenters. The molecule has 0 aliphatic carbocycles. The number of hydrogen-bond donors (Lipinski definition) is 1. The summed E-state index contributed by atoms with van der Waals surface area (Å²) in [6.07, 6.45) is 4.78. The van der Waals surface area contributed by atoms with Crippen molar-refractivity contribution in [2.45, 2.75) is 32.2 Å². The van der Waals surface area contributed by atoms with Gasteiger partial charge >= 0.3 is 0 Å². The molecule has 14 heavy (non-hydrogen) atoms. The fourth-order valence-corrected chi connectivity index (χ4v) is 2.61. The van der Waals surface area contributed by atoms with Crippen molar-refractivity contribution >= 4 is 15.9 Å². The van der Waals surface area contributed by atoms with Crippen LogP contribution in [0.1, 0.15) is 24.4 Å². The predicted molar refractivity (Wildman–Crippen MR) is 60.5 cm³/mol. The number of aromatic nitrogens is 2. The van der Waals surface area contributed by atoms with Gasteiger partial charge in [-0.05, 0) is 35.8 Å². The maximum atomic E-state index is 4.56. The molecular formula is C10H16BrN3. The van der Waals surface area contributed by atoms with Gasteiger partial charge < -0.3 is 9.88 Å². The first-order chi connectivity index (χ1) is 6.83. The van der Waals surface area contributed by atoms with E-state index in [0.29, 0.717) is 0 Å². The van der Waals surface area contributed by atoms with Crippen LogP contribution < -0.4 is 5.32 Å². The Hall–Kier alpha value is -0.350. The highest BCUT2D eigenvalue weighted by Crippen LogP contribution is 2.23. The Morgan fingerprint density at radius 1 is 1.50 bits per heavy atom. The lowest BCUT2D eigenvalue weighted by atomic mass is 10.1. The first-order valence-electron chi connectivity index (χ1n) is 5.21. The van der Waals surface area contributed by atoms with Gasteiger partial charge in [0.25, 0.3) is 0 Å². The molecule has 3 nitrogen and oxygen atoms in total. The normalized spacial score (nSPS) is 15.6. The molecule has 0 amide bonds. The van der Waals surface area contributed by atoms with E-state index in [1.54, 1.807) is 0 Å². The average Bonchev–Trinajstić information content (AvgIpc) is 2.51. The van der Waals surface area contributed by atoms with Gasteiger partial charge in [-0.15, -0.1) is 0 Å². The van der Waals surface area contributed by atoms with Crippen LogP contribution in [0.5, 0.6) is 0 Å². The van der Waals surface area contributed by atoms with Gasteiger partial charge in [0.15, 0.2) is 0 Å². The molecule has 2 rings (SSSR count). The summed E-state index contributed by atoms with van der Waals surface area (Å²) >= 11 is 3.55. The van der Waals surface area contributed by atoms with Crippen molar-refractivity contribution in [3.05, 3.63) is 16.1 Å². The second-order valence-corrected chi connectivity index (χ2v) is 4.48. The largest absolute Gasteiger partial charge is 0.331 e. The molecule has 0 bridgehead atoms. The van der Waals surface area contributed by atoms with Crippen LogP contribution in [0.15, 0.2) is 4.60 Å². The number of nitrogens with zero attached hydrogens (tertiary/aromatic N) is 2. The molecule has 0 radical (unpaired) electrons. The van der Waals surface area contributed by atoms with Crippen LogP contribution in [0.25, 0.3) is 0 Å². The monoisotopic (exact) mass is 257 g/mol. The van der Waals surface area contributed by atoms with Crippen LogP contribution >= 0.6 is 15.9 Å². The van der Waals surface area contributed by atoms with E-state index in [9.17, 15) is 0 Å². The van der Waals surface area contributed by atoms with Crippen LogP contribution in [0.2, 0.25) is 0 Å². The summed E-state index contributed by atoms with van der Waals surface area (Å²) in [5.41, 5.74) is 1.36. The van der Waals surface area contributed by atoms with Gasteiger partial charge in [-0.25, -0.2) is 4.98 Å². The Morgan fingerprint density at radius 3 is 3.14 bits per heavy atom. The zero-order valence-corrected chi connectivity index (χ0v) is 10.1. The average molecular weight is 258 g/mol. The Bertz CT molecular complexity index is 319. The molecule has 0 spiro atoms. The molecule has 4 heteroatoms. The van der Waals surface area contributed by atoms with E-state index >= 15 is 0 Å². The second kappa shape index (κ2) is 4.45. The van der Waals surface area contributed by atoms with Crippen molar-refractivity contribution < 1.29 is 0 Å². The molecular weight excluding hydrogens is 242 g/mol. The third-order valence-corrected chi connectivity index (χ3v) is 3.38. The van der Waals surface area contributed by atoms with E-state index in [1.165, 1.54) is 24.4 Å². The van der Waals surface area contributed by atoms with Gasteiger partial charge in [0.05, 0.1) is 5.69 Å². The maximum Gasteiger partial charge on any atom is 0.127 e. The molecule has 2 heterocycles. The molecule has 0 saturated carbocycles. The number of nitrogens with one attached hydrogen (secondary N) is 1. The van der Waals surface area contributed by atoms with E-state index < -0.39 is 0 Å². The molecule has 1 aliphatic heterocycles. The van der Waals surface area contributed by atoms with Crippen LogP contribution in [0, 0.1) is 0 Å². The number of fused-ring (bicyclic) bond motifs is 1. The summed E-state index contributed by atoms with van der Waals surface area (Å²) in [6, 6.07) is 0. The minimum absolute atomic E-state index is 1.02. The lowest BCUT2D eigenvalue weighted by Crippen LogP contribution is -2.17. The Labute approximate surface area is 93.0 Å². The van der Waals surface area contributed by atoms with Crippen molar-refractivity contribution in [3.63, 3.8) is 0 Å². The number of likely N-dealkylation sites (N-methyl/N-ethyl adjacent to an activating group) is 1. The van der Waals surface area contributed by atoms with Gasteiger partial charge in [-0.2, -0.15) is 0 Å². The predicted octanol–water partition coefficient (Wildman–Crippen LogP) is 1.74. The van der Waals surface area contributed by atoms with Gasteiger partial charge in [0.1, 0.15) is 10.4 Å². The van der Waals surface area contributed by atoms with E-state index in [-0.39, 0.29) is 0 Å². The minimum atomic E-state index is 1.02. The summed E-state index contributed by atoms with van der Waals surface area (Å²) in [6.45, 7) is 2.16. The fourth-order valence-electron chi connectivity index (χ4n) is 1.99. The standard InChI is InChI=1S/C10H16BrN3/c1-12-6-5-8-10(11)13-9-4-2-3-7-14(8)9/h12H,2-7H2,1H3. The summed E-state index contributed by atoms with van der Waals surface area (Å²) < 4.78 is 3.43. The molecule has 0 fully saturated rings. The maximum absolute atomic E-state index is 4.56. The zero-order valence-electron chi connectivity index (χ0n) is 8.52. The fraction of sp³-hybridized carbons (Fsp3) is 0.700. The van der Waals surface area contributed by atoms with E-state index in [2.05, 4.69) is 30.8 Å². The second-order valence-electron chi connectivity index (χ2n) is 3.73. The molecule has 78 valence electrons. The first-order valence-corrected chi connectivity index (χ1v) is 6.00. The van der Waals surface area contributed by atoms with Gasteiger partial charge in [-0.3, -0.25) is 0 Å². The Balaban J connectivity index is 2.24. The SMILES string of the molecule is CNCCc1c(Br)nc2n1CCCC2. The topological polar surface area (TPSA) is 29.9 Å². The van der Waals surface area contributed by atoms with Crippen molar-refractivity contribution in [3.8, 4) is 0 Å². The Kier molecular flexibility index (Phi) is 3.23. The van der Waals surface area contributed by atoms with Gasteiger partial charge in [0.2, 0.25) is 0 Å². The minimum Gasteiger partial charge on any atom is -0.331 e. The molecule has 1 aliphatic rings. The molecule has 1 aromatic heterocycles. The van der Waals surface area contributed by atoms with E-state index in [4.69, 9.17) is 0 Å². The third-order valence-electron chi connectivity index (χ3n) is 2.75. The molecule has 1 aromatic rings. The number of rotatable bonds is 3. The summed E-state index contributed by atoms with van der Waals surface area (Å²) in [5, 5.41) is 3.18. The highest BCUT2D eigenvalue weighted by molar-refractivity contribution is 9.10. The van der Waals surface area contributed by atoms with E-state index in [1.807, 2.05) is 7.05 Å². The quantitative estimate of drug-likeness (QED) is 0.895. The summed E-state index contributed by atoms with van der Waals surface area (Å²) in [7, 11) is 1.99. The highest BCUT2D eigenvalue weighted by Gasteiger charge is 2.17. The van der Waals surface area contributed by atoms with Gasteiger partial charge in [0, 0.05) is 25.9 Å². The van der Waals surface area contributed by atoms with Crippen LogP contribution in [0.4, 0.5) is 0 Å². The van der Waals surface area contributed by atoms with Crippen molar-refractivity contribution in [2.24, 2.45) is 0 Å². The lowest BCUT2D eigenvalue weighted by molar-refractivity contribution is 0.506. The Morgan fingerprint density at radius 2 is 2.36 bits per heavy atom. The summed E-state index contributed by atoms with van der Waals surface area (Å²) in [4.78, 5) is 4.56. The number of halogens is 1. The van der Waals surface area contributed by atoms with E-state index in [0.717, 1.165) is 30.5 Å². The smallest absolute Gasteiger partial charge is 0.127 e. The molecule has 0 aromatic carbocycles. The van der Waals surface area contributed by atoms with Crippen LogP contribution in [-0.2, 0) is 19.4 Å². The molecule has 1 N–H and O–H groups in total. The zero-order chi connectivity index (χ0) is 9.97. The lowest BCUT2D eigenvalue weighted by Gasteiger charge is -2.16. The number of aryl methyl sites for hydroxylation is 1. The third kappa shape index (κ3) is 1.86. The highest BCUT2D eigenvalue weighted by atomic mass is 79.9. The van der Waals surface area contributed by atoms with Gasteiger partial charge in [-0.1, -0.05) is 0 Å². The van der Waals surface area contributed by atoms with Crippen LogP contribution in [0.3, 0.4) is 0 Å². The van der Waals surface area contributed by atoms with Crippen LogP contribution in [-0.4, -0.2) is 23.1 Å². The van der Waals surface area contributed by atoms with Crippen molar-refractivity contribution in [1.82, 2.24) is 14.9 Å². The number of imidazole rings is 1. The molecule has 0 atom stereocenters. The number of hydrogen-bond acceptors (Lipinski definition) is 2. The molecule has 0 saturated heterocycles. The first kappa shape index (κ1) is 10.2. The summed E-state index contributed by atoms with van der Waals surface area (Å²) in [5.74, 6) is 1.26. The van der Waals surface area contributed by atoms with Crippen molar-refractivity contribution in [1.29, 1.82) is 0 Å². The van der Waals surface area contributed by atoms with Crippen molar-refractivity contribution in [2.75, 3.05) is 13.6 Å².